The van der Waals surface area contributed by atoms with E-state index in [-0.39, 0.29) is 59.1 Å². The van der Waals surface area contributed by atoms with Crippen molar-refractivity contribution in [1.82, 2.24) is 0 Å². The molecule has 0 aromatic carbocycles. The van der Waals surface area contributed by atoms with Gasteiger partial charge in [0.2, 0.25) is 0 Å². The molecule has 0 unspecified atom stereocenters. The van der Waals surface area contributed by atoms with Crippen molar-refractivity contribution < 1.29 is 84.5 Å². The third-order valence-electron chi connectivity index (χ3n) is 0. The molecule has 48 valence electrons. The zero-order valence-electron chi connectivity index (χ0n) is 5.55. The molecule has 0 aliphatic carbocycles. The van der Waals surface area contributed by atoms with E-state index < -0.39 is 12.4 Å². The molecule has 7 nitrogen and oxygen atoms in total. The summed E-state index contributed by atoms with van der Waals surface area (Å²) < 4.78 is 0. The van der Waals surface area contributed by atoms with Crippen molar-refractivity contribution in [2.75, 3.05) is 0 Å². The van der Waals surface area contributed by atoms with E-state index in [1.54, 1.807) is 0 Å². The molecule has 0 saturated carbocycles. The van der Waals surface area contributed by atoms with Gasteiger partial charge in [0.15, 0.2) is 0 Å². The first-order valence-corrected chi connectivity index (χ1v) is 1.29. The maximum Gasteiger partial charge on any atom is 1.00 e. The van der Waals surface area contributed by atoms with Crippen LogP contribution in [0.4, 0.5) is 0 Å². The maximum atomic E-state index is 8.53. The molecule has 0 aromatic rings. The molecule has 0 radical (unpaired) electrons. The molecule has 0 bridgehead atoms. The van der Waals surface area contributed by atoms with E-state index in [1.165, 1.54) is 0 Å². The Hall–Kier alpha value is 1.14. The summed E-state index contributed by atoms with van der Waals surface area (Å²) in [6.45, 7) is 0. The van der Waals surface area contributed by atoms with Crippen LogP contribution >= 0.6 is 0 Å². The summed E-state index contributed by atoms with van der Waals surface area (Å²) in [5, 5.41) is 37.6. The van der Waals surface area contributed by atoms with Gasteiger partial charge in [-0.1, -0.05) is 0 Å². The fraction of sp³-hybridized carbons (Fsp3) is 0. The summed E-state index contributed by atoms with van der Waals surface area (Å²) in [4.78, 5) is 8.36. The van der Waals surface area contributed by atoms with E-state index >= 15 is 0 Å². The molecule has 0 spiro atoms. The molecule has 10 heavy (non-hydrogen) atoms. The number of rotatable bonds is 0. The average Bonchev–Trinajstić information content (AvgIpc) is 1.25. The monoisotopic (exact) mass is 169 g/mol. The van der Waals surface area contributed by atoms with Gasteiger partial charge in [0.25, 0.3) is 5.09 Å². The molecule has 10 heteroatoms. The second-order valence-electron chi connectivity index (χ2n) is 0.545. The van der Waals surface area contributed by atoms with E-state index in [0.29, 0.717) is 0 Å². The Kier molecular flexibility index (Phi) is 37.3. The Labute approximate surface area is 101 Å². The first-order valence-electron chi connectivity index (χ1n) is 1.29. The van der Waals surface area contributed by atoms with Gasteiger partial charge in [0.1, 0.15) is 0 Å². The second-order valence-corrected chi connectivity index (χ2v) is 0.545. The van der Waals surface area contributed by atoms with Crippen LogP contribution in [0.25, 0.3) is 0 Å². The van der Waals surface area contributed by atoms with Gasteiger partial charge in [0.05, 0.1) is 7.32 Å². The minimum atomic E-state index is -2.67. The first-order chi connectivity index (χ1) is 3.46. The topological polar surface area (TPSA) is 130 Å². The van der Waals surface area contributed by atoms with Gasteiger partial charge in [-0.05, 0) is 0 Å². The van der Waals surface area contributed by atoms with Crippen molar-refractivity contribution in [2.45, 2.75) is 0 Å². The average molecular weight is 169 g/mol. The van der Waals surface area contributed by atoms with Gasteiger partial charge in [-0.15, -0.1) is 10.1 Å². The van der Waals surface area contributed by atoms with Gasteiger partial charge in [-0.2, -0.15) is 0 Å². The van der Waals surface area contributed by atoms with Crippen molar-refractivity contribution in [3.05, 3.63) is 10.1 Å². The van der Waals surface area contributed by atoms with E-state index in [1.807, 2.05) is 0 Å². The van der Waals surface area contributed by atoms with Crippen molar-refractivity contribution in [2.24, 2.45) is 0 Å². The van der Waals surface area contributed by atoms with Crippen LogP contribution in [0.3, 0.4) is 0 Å². The Morgan fingerprint density at radius 1 is 1.30 bits per heavy atom. The molecular formula is H2BNNa2O6. The van der Waals surface area contributed by atoms with E-state index in [2.05, 4.69) is 0 Å². The molecule has 0 aliphatic heterocycles. The minimum Gasteiger partial charge on any atom is -0.871 e. The van der Waals surface area contributed by atoms with Gasteiger partial charge in [-0.25, -0.2) is 0 Å². The smallest absolute Gasteiger partial charge is 0.871 e. The number of hydrogen-bond donors (Lipinski definition) is 2. The molecular weight excluding hydrogens is 167 g/mol. The van der Waals surface area contributed by atoms with Crippen LogP contribution in [-0.2, 0) is 0 Å². The summed E-state index contributed by atoms with van der Waals surface area (Å²) in [6, 6.07) is 0. The van der Waals surface area contributed by atoms with Crippen LogP contribution in [-0.4, -0.2) is 22.6 Å². The molecule has 0 atom stereocenters. The quantitative estimate of drug-likeness (QED) is 0.210. The number of nitrogens with zero attached hydrogens (tertiary/aromatic N) is 1. The van der Waals surface area contributed by atoms with Gasteiger partial charge in [-0.3, -0.25) is 0 Å². The molecule has 0 aromatic heterocycles. The predicted octanol–water partition coefficient (Wildman–Crippen LogP) is -9.66. The third-order valence-corrected chi connectivity index (χ3v) is 0. The summed E-state index contributed by atoms with van der Waals surface area (Å²) in [5.41, 5.74) is 0. The Morgan fingerprint density at radius 3 is 1.30 bits per heavy atom. The zero-order valence-corrected chi connectivity index (χ0v) is 9.55. The standard InChI is InChI=1S/BHO3.HNO3.2Na/c2*2-1(3)4;;/h2H;(H,2,3,4);;/q-2;;2*+1. The van der Waals surface area contributed by atoms with Gasteiger partial charge < -0.3 is 20.3 Å². The Bertz CT molecular complexity index is 60.0. The van der Waals surface area contributed by atoms with Crippen LogP contribution in [0.15, 0.2) is 0 Å². The van der Waals surface area contributed by atoms with Crippen LogP contribution in [0.5, 0.6) is 0 Å². The van der Waals surface area contributed by atoms with E-state index in [4.69, 9.17) is 30.4 Å². The van der Waals surface area contributed by atoms with Crippen LogP contribution in [0.1, 0.15) is 0 Å². The molecule has 0 rings (SSSR count). The fourth-order valence-corrected chi connectivity index (χ4v) is 0. The SMILES string of the molecule is O=[N+]([O-])O.[Na+].[Na+].[O-]B([O-])O. The van der Waals surface area contributed by atoms with E-state index in [0.717, 1.165) is 0 Å². The van der Waals surface area contributed by atoms with Gasteiger partial charge >= 0.3 is 59.1 Å². The fourth-order valence-electron chi connectivity index (χ4n) is 0. The van der Waals surface area contributed by atoms with Gasteiger partial charge in [0, 0.05) is 0 Å². The molecule has 0 aliphatic rings. The molecule has 2 N–H and O–H groups in total. The van der Waals surface area contributed by atoms with Crippen LogP contribution < -0.4 is 69.2 Å². The first kappa shape index (κ1) is 22.5. The molecule has 0 heterocycles. The summed E-state index contributed by atoms with van der Waals surface area (Å²) in [7, 11) is -2.67. The maximum absolute atomic E-state index is 8.53. The number of hydrogen-bond acceptors (Lipinski definition) is 5. The van der Waals surface area contributed by atoms with Crippen molar-refractivity contribution >= 4 is 7.32 Å². The zero-order chi connectivity index (χ0) is 7.15. The summed E-state index contributed by atoms with van der Waals surface area (Å²) in [6.07, 6.45) is 0. The second kappa shape index (κ2) is 16.6. The predicted molar refractivity (Wildman–Crippen MR) is 16.8 cm³/mol. The summed E-state index contributed by atoms with van der Waals surface area (Å²) in [5.74, 6) is 0. The molecule has 0 saturated heterocycles. The van der Waals surface area contributed by atoms with Crippen molar-refractivity contribution in [1.29, 1.82) is 0 Å². The van der Waals surface area contributed by atoms with Crippen LogP contribution in [0, 0.1) is 10.1 Å². The summed E-state index contributed by atoms with van der Waals surface area (Å²) >= 11 is 0. The van der Waals surface area contributed by atoms with Crippen molar-refractivity contribution in [3.8, 4) is 0 Å². The minimum absolute atomic E-state index is 0. The van der Waals surface area contributed by atoms with E-state index in [9.17, 15) is 0 Å². The Balaban J connectivity index is -0.0000000300. The normalized spacial score (nSPS) is 5.10. The van der Waals surface area contributed by atoms with Crippen LogP contribution in [0.2, 0.25) is 0 Å². The van der Waals surface area contributed by atoms with Crippen molar-refractivity contribution in [3.63, 3.8) is 0 Å². The molecule has 0 amide bonds. The molecule has 0 fully saturated rings. The largest absolute Gasteiger partial charge is 1.00 e. The Morgan fingerprint density at radius 2 is 1.30 bits per heavy atom. The third kappa shape index (κ3) is 463.